The number of benzene rings is 2. The minimum Gasteiger partial charge on any atom is -0.497 e. The summed E-state index contributed by atoms with van der Waals surface area (Å²) < 4.78 is 5.14. The molecule has 2 aliphatic rings. The lowest BCUT2D eigenvalue weighted by Crippen LogP contribution is -2.56. The number of ether oxygens (including phenoxy) is 1. The average molecular weight is 515 g/mol. The van der Waals surface area contributed by atoms with Gasteiger partial charge < -0.3 is 4.74 Å². The first-order valence-electron chi connectivity index (χ1n) is 11.1. The van der Waals surface area contributed by atoms with Gasteiger partial charge in [-0.15, -0.1) is 0 Å². The Bertz CT molecular complexity index is 1240. The van der Waals surface area contributed by atoms with Gasteiger partial charge in [-0.05, 0) is 69.2 Å². The molecule has 1 heterocycles. The Morgan fingerprint density at radius 3 is 2.34 bits per heavy atom. The number of rotatable bonds is 6. The number of carbonyl (C=O) groups is 4. The van der Waals surface area contributed by atoms with Gasteiger partial charge in [0.25, 0.3) is 17.7 Å². The fourth-order valence-corrected chi connectivity index (χ4v) is 5.06. The molecule has 0 radical (unpaired) electrons. The van der Waals surface area contributed by atoms with Crippen molar-refractivity contribution >= 4 is 46.7 Å². The van der Waals surface area contributed by atoms with Crippen molar-refractivity contribution < 1.29 is 23.9 Å². The lowest BCUT2D eigenvalue weighted by Gasteiger charge is -2.35. The van der Waals surface area contributed by atoms with Crippen molar-refractivity contribution in [1.82, 2.24) is 10.0 Å². The number of carbonyl (C=O) groups excluding carboxylic acids is 4. The third-order valence-electron chi connectivity index (χ3n) is 6.51. The van der Waals surface area contributed by atoms with Crippen LogP contribution in [0.15, 0.2) is 54.1 Å². The van der Waals surface area contributed by atoms with Crippen molar-refractivity contribution in [2.45, 2.75) is 32.7 Å². The zero-order valence-corrected chi connectivity index (χ0v) is 21.0. The Morgan fingerprint density at radius 1 is 1.06 bits per heavy atom. The second-order valence-corrected chi connectivity index (χ2v) is 9.58. The predicted octanol–water partition coefficient (Wildman–Crippen LogP) is 4.97. The highest BCUT2D eigenvalue weighted by molar-refractivity contribution is 6.36. The van der Waals surface area contributed by atoms with Crippen LogP contribution in [0.4, 0.5) is 0 Å². The highest BCUT2D eigenvalue weighted by Crippen LogP contribution is 2.39. The molecule has 2 aromatic rings. The van der Waals surface area contributed by atoms with E-state index in [1.807, 2.05) is 13.0 Å². The lowest BCUT2D eigenvalue weighted by molar-refractivity contribution is -0.156. The minimum absolute atomic E-state index is 0.0234. The first kappa shape index (κ1) is 24.9. The summed E-state index contributed by atoms with van der Waals surface area (Å²) in [5.41, 5.74) is 1.33. The number of hydrogen-bond acceptors (Lipinski definition) is 5. The van der Waals surface area contributed by atoms with Gasteiger partial charge in [-0.25, -0.2) is 5.01 Å². The van der Waals surface area contributed by atoms with Crippen LogP contribution in [0.25, 0.3) is 0 Å². The summed E-state index contributed by atoms with van der Waals surface area (Å²) >= 11 is 12.3. The number of Topliss-reactive ketones (excluding diaryl/α,β-unsaturated/α-hetero) is 1. The number of hydrazine groups is 1. The monoisotopic (exact) mass is 514 g/mol. The zero-order chi connectivity index (χ0) is 25.4. The van der Waals surface area contributed by atoms with Crippen molar-refractivity contribution in [3.63, 3.8) is 0 Å². The third kappa shape index (κ3) is 4.58. The molecule has 182 valence electrons. The molecule has 1 saturated heterocycles. The van der Waals surface area contributed by atoms with Crippen LogP contribution in [-0.4, -0.2) is 46.7 Å². The Labute approximate surface area is 213 Å². The van der Waals surface area contributed by atoms with E-state index in [9.17, 15) is 19.2 Å². The summed E-state index contributed by atoms with van der Waals surface area (Å²) in [7, 11) is 1.51. The molecule has 9 heteroatoms. The molecule has 3 atom stereocenters. The molecule has 0 unspecified atom stereocenters. The normalized spacial score (nSPS) is 20.3. The maximum absolute atomic E-state index is 13.8. The Kier molecular flexibility index (Phi) is 7.01. The fraction of sp³-hybridized carbons (Fsp3) is 0.308. The average Bonchev–Trinajstić information content (AvgIpc) is 3.08. The van der Waals surface area contributed by atoms with Gasteiger partial charge in [0.15, 0.2) is 5.78 Å². The number of imide groups is 1. The third-order valence-corrected chi connectivity index (χ3v) is 7.05. The smallest absolute Gasteiger partial charge is 0.275 e. The highest BCUT2D eigenvalue weighted by Gasteiger charge is 2.53. The minimum atomic E-state index is -1.18. The molecule has 1 aliphatic heterocycles. The van der Waals surface area contributed by atoms with Gasteiger partial charge in [0.2, 0.25) is 0 Å². The van der Waals surface area contributed by atoms with Gasteiger partial charge >= 0.3 is 0 Å². The van der Waals surface area contributed by atoms with Crippen LogP contribution >= 0.6 is 23.2 Å². The lowest BCUT2D eigenvalue weighted by atomic mass is 9.82. The number of fused-ring (bicyclic) bond motifs is 1. The van der Waals surface area contributed by atoms with Gasteiger partial charge in [-0.1, -0.05) is 34.9 Å². The standard InChI is InChI=1S/C26H24Cl2N2O5/c1-14-4-10-19-21(12-14)26(34)30(24(19)32)29(25(33)20-11-7-17(27)13-22(20)28)15(2)23(31)16-5-8-18(35-3)9-6-16/h4-9,11,13,15,19,21H,10,12H2,1-3H3/t15-,19-,21+/m0/s1. The summed E-state index contributed by atoms with van der Waals surface area (Å²) in [5.74, 6) is -2.79. The molecule has 0 aromatic heterocycles. The van der Waals surface area contributed by atoms with Gasteiger partial charge in [0, 0.05) is 10.6 Å². The molecule has 4 rings (SSSR count). The summed E-state index contributed by atoms with van der Waals surface area (Å²) in [4.78, 5) is 54.1. The molecule has 0 bridgehead atoms. The van der Waals surface area contributed by atoms with Gasteiger partial charge in [-0.2, -0.15) is 5.01 Å². The maximum atomic E-state index is 13.8. The Balaban J connectivity index is 1.76. The van der Waals surface area contributed by atoms with E-state index in [1.54, 1.807) is 24.3 Å². The maximum Gasteiger partial charge on any atom is 0.275 e. The molecule has 0 N–H and O–H groups in total. The van der Waals surface area contributed by atoms with E-state index in [1.165, 1.54) is 32.2 Å². The highest BCUT2D eigenvalue weighted by atomic mass is 35.5. The number of ketones is 1. The number of halogens is 2. The molecule has 0 saturated carbocycles. The summed E-state index contributed by atoms with van der Waals surface area (Å²) in [6.07, 6.45) is 2.77. The molecule has 0 spiro atoms. The van der Waals surface area contributed by atoms with E-state index in [2.05, 4.69) is 0 Å². The number of allylic oxidation sites excluding steroid dienone is 2. The van der Waals surface area contributed by atoms with Crippen molar-refractivity contribution in [2.75, 3.05) is 7.11 Å². The van der Waals surface area contributed by atoms with Crippen LogP contribution in [0.2, 0.25) is 10.0 Å². The zero-order valence-electron chi connectivity index (χ0n) is 19.5. The van der Waals surface area contributed by atoms with Crippen LogP contribution < -0.4 is 4.74 Å². The summed E-state index contributed by atoms with van der Waals surface area (Å²) in [6, 6.07) is 9.49. The largest absolute Gasteiger partial charge is 0.497 e. The molecule has 1 aliphatic carbocycles. The van der Waals surface area contributed by atoms with Gasteiger partial charge in [0.1, 0.15) is 11.8 Å². The Morgan fingerprint density at radius 2 is 1.71 bits per heavy atom. The van der Waals surface area contributed by atoms with E-state index in [-0.39, 0.29) is 10.6 Å². The molecule has 7 nitrogen and oxygen atoms in total. The first-order chi connectivity index (χ1) is 16.6. The predicted molar refractivity (Wildman–Crippen MR) is 131 cm³/mol. The van der Waals surface area contributed by atoms with Crippen LogP contribution in [0.3, 0.4) is 0 Å². The summed E-state index contributed by atoms with van der Waals surface area (Å²) in [5, 5.41) is 2.16. The van der Waals surface area contributed by atoms with E-state index in [0.29, 0.717) is 29.2 Å². The molecule has 2 aromatic carbocycles. The Hall–Kier alpha value is -3.16. The van der Waals surface area contributed by atoms with Crippen LogP contribution in [-0.2, 0) is 9.59 Å². The molecular weight excluding hydrogens is 491 g/mol. The fourth-order valence-electron chi connectivity index (χ4n) is 4.57. The number of methoxy groups -OCH3 is 1. The van der Waals surface area contributed by atoms with Crippen LogP contribution in [0.1, 0.15) is 47.4 Å². The van der Waals surface area contributed by atoms with Crippen molar-refractivity contribution in [3.8, 4) is 5.75 Å². The van der Waals surface area contributed by atoms with Gasteiger partial charge in [0.05, 0.1) is 29.5 Å². The first-order valence-corrected chi connectivity index (χ1v) is 11.9. The molecule has 35 heavy (non-hydrogen) atoms. The second-order valence-electron chi connectivity index (χ2n) is 8.73. The quantitative estimate of drug-likeness (QED) is 0.308. The second kappa shape index (κ2) is 9.84. The van der Waals surface area contributed by atoms with E-state index < -0.39 is 41.4 Å². The summed E-state index contributed by atoms with van der Waals surface area (Å²) in [6.45, 7) is 3.39. The van der Waals surface area contributed by atoms with Crippen LogP contribution in [0, 0.1) is 11.8 Å². The number of hydrogen-bond donors (Lipinski definition) is 0. The van der Waals surface area contributed by atoms with E-state index >= 15 is 0 Å². The molecule has 1 fully saturated rings. The number of amides is 3. The van der Waals surface area contributed by atoms with Crippen molar-refractivity contribution in [1.29, 1.82) is 0 Å². The van der Waals surface area contributed by atoms with E-state index in [0.717, 1.165) is 15.6 Å². The topological polar surface area (TPSA) is 84.0 Å². The molecule has 3 amide bonds. The van der Waals surface area contributed by atoms with Crippen molar-refractivity contribution in [2.24, 2.45) is 11.8 Å². The van der Waals surface area contributed by atoms with E-state index in [4.69, 9.17) is 27.9 Å². The molecular formula is C26H24Cl2N2O5. The van der Waals surface area contributed by atoms with Crippen molar-refractivity contribution in [3.05, 3.63) is 75.3 Å². The number of nitrogens with zero attached hydrogens (tertiary/aromatic N) is 2. The SMILES string of the molecule is COc1ccc(C(=O)[C@H](C)N(C(=O)c2ccc(Cl)cc2Cl)N2C(=O)[C@H]3CC=C(C)C[C@H]3C2=O)cc1. The van der Waals surface area contributed by atoms with Crippen LogP contribution in [0.5, 0.6) is 5.75 Å². The van der Waals surface area contributed by atoms with Gasteiger partial charge in [-0.3, -0.25) is 19.2 Å².